The molecule has 4 N–H and O–H groups in total. The summed E-state index contributed by atoms with van der Waals surface area (Å²) in [6, 6.07) is 18.0. The predicted octanol–water partition coefficient (Wildman–Crippen LogP) is 4.85. The van der Waals surface area contributed by atoms with Crippen LogP contribution in [0.4, 0.5) is 10.2 Å². The molecular weight excluding hydrogens is 604 g/mol. The van der Waals surface area contributed by atoms with Gasteiger partial charge in [0.25, 0.3) is 5.91 Å². The molecule has 4 aromatic rings. The van der Waals surface area contributed by atoms with E-state index in [0.717, 1.165) is 5.56 Å². The van der Waals surface area contributed by atoms with Crippen LogP contribution in [0.15, 0.2) is 72.9 Å². The number of methoxy groups -OCH3 is 1. The maximum atomic E-state index is 14.2. The summed E-state index contributed by atoms with van der Waals surface area (Å²) in [4.78, 5) is 41.3. The molecule has 4 rings (SSSR count). The Hall–Kier alpha value is -3.87. The van der Waals surface area contributed by atoms with E-state index >= 15 is 0 Å². The van der Waals surface area contributed by atoms with Crippen LogP contribution in [0.25, 0.3) is 22.3 Å². The number of pyridine rings is 1. The number of rotatable bonds is 13. The molecule has 0 spiro atoms. The summed E-state index contributed by atoms with van der Waals surface area (Å²) in [7, 11) is 1.26. The first-order valence-corrected chi connectivity index (χ1v) is 14.5. The number of nitrogens with zero attached hydrogens (tertiary/aromatic N) is 2. The van der Waals surface area contributed by atoms with Gasteiger partial charge >= 0.3 is 41.5 Å². The second-order valence-corrected chi connectivity index (χ2v) is 10.9. The second-order valence-electron chi connectivity index (χ2n) is 10.9. The number of carboxylic acids is 1. The van der Waals surface area contributed by atoms with E-state index in [9.17, 15) is 29.0 Å². The molecule has 2 atom stereocenters. The quantitative estimate of drug-likeness (QED) is 0.120. The number of nitrogens with one attached hydrogen (secondary N) is 1. The van der Waals surface area contributed by atoms with Crippen molar-refractivity contribution in [1.82, 2.24) is 9.55 Å². The van der Waals surface area contributed by atoms with Crippen LogP contribution in [0, 0.1) is 5.82 Å². The average Bonchev–Trinajstić information content (AvgIpc) is 3.36. The zero-order chi connectivity index (χ0) is 32.7. The number of carboxylic acid groups (broad SMARTS) is 1. The normalized spacial score (nSPS) is 12.2. The van der Waals surface area contributed by atoms with Crippen LogP contribution in [0.1, 0.15) is 65.7 Å². The van der Waals surface area contributed by atoms with Crippen molar-refractivity contribution in [2.75, 3.05) is 12.4 Å². The molecule has 2 heterocycles. The zero-order valence-electron chi connectivity index (χ0n) is 25.2. The molecule has 0 aliphatic carbocycles. The standard InChI is InChI=1S/C34H36FN3O7.Na.H/c1-20(2)38-27(15-14-25(39)17-26(40)18-29(41)42)30(22-9-12-24(35)13-10-22)31(21-7-5-4-6-8-21)32(38)33(43)37-28-16-11-23(19-36-28)34(44)45-3;;/h4-13,16,19-20,25-26,39-40H,14-15,17-18H2,1-3H3,(H,41,42)(H,36,37,43);;. The maximum absolute atomic E-state index is 14.2. The number of benzene rings is 2. The van der Waals surface area contributed by atoms with Crippen molar-refractivity contribution in [3.8, 4) is 22.3 Å². The third-order valence-corrected chi connectivity index (χ3v) is 7.33. The van der Waals surface area contributed by atoms with Crippen LogP contribution in [-0.4, -0.2) is 91.6 Å². The van der Waals surface area contributed by atoms with E-state index in [1.807, 2.05) is 48.7 Å². The molecule has 0 bridgehead atoms. The van der Waals surface area contributed by atoms with Crippen LogP contribution in [0.2, 0.25) is 0 Å². The van der Waals surface area contributed by atoms with E-state index < -0.39 is 42.3 Å². The first kappa shape index (κ1) is 36.6. The van der Waals surface area contributed by atoms with E-state index in [2.05, 4.69) is 10.3 Å². The van der Waals surface area contributed by atoms with Gasteiger partial charge in [-0.3, -0.25) is 9.59 Å². The Kier molecular flexibility index (Phi) is 13.2. The summed E-state index contributed by atoms with van der Waals surface area (Å²) >= 11 is 0. The molecule has 2 aromatic heterocycles. The van der Waals surface area contributed by atoms with Crippen molar-refractivity contribution in [3.63, 3.8) is 0 Å². The molecule has 2 aromatic carbocycles. The van der Waals surface area contributed by atoms with E-state index in [1.165, 1.54) is 37.6 Å². The molecule has 238 valence electrons. The molecule has 0 saturated heterocycles. The number of aliphatic hydroxyl groups excluding tert-OH is 2. The Balaban J connectivity index is 0.00000576. The van der Waals surface area contributed by atoms with Crippen LogP contribution in [-0.2, 0) is 16.0 Å². The Bertz CT molecular complexity index is 1640. The number of hydrogen-bond donors (Lipinski definition) is 4. The van der Waals surface area contributed by atoms with Gasteiger partial charge in [-0.2, -0.15) is 0 Å². The fourth-order valence-corrected chi connectivity index (χ4v) is 5.39. The number of anilines is 1. The number of ether oxygens (including phenoxy) is 1. The Morgan fingerprint density at radius 2 is 1.59 bits per heavy atom. The van der Waals surface area contributed by atoms with Crippen LogP contribution < -0.4 is 5.32 Å². The topological polar surface area (TPSA) is 151 Å². The van der Waals surface area contributed by atoms with Gasteiger partial charge in [-0.15, -0.1) is 0 Å². The molecule has 10 nitrogen and oxygen atoms in total. The number of aromatic nitrogens is 2. The van der Waals surface area contributed by atoms with Gasteiger partial charge in [0.2, 0.25) is 0 Å². The average molecular weight is 642 g/mol. The van der Waals surface area contributed by atoms with Gasteiger partial charge in [-0.25, -0.2) is 14.2 Å². The number of amides is 1. The van der Waals surface area contributed by atoms with Gasteiger partial charge in [0.05, 0.1) is 31.3 Å². The summed E-state index contributed by atoms with van der Waals surface area (Å²) in [5.41, 5.74) is 3.88. The summed E-state index contributed by atoms with van der Waals surface area (Å²) in [5.74, 6) is -2.43. The first-order valence-electron chi connectivity index (χ1n) is 14.5. The van der Waals surface area contributed by atoms with Crippen molar-refractivity contribution in [3.05, 3.63) is 95.7 Å². The van der Waals surface area contributed by atoms with Crippen LogP contribution >= 0.6 is 0 Å². The third kappa shape index (κ3) is 8.89. The van der Waals surface area contributed by atoms with E-state index in [0.29, 0.717) is 28.1 Å². The van der Waals surface area contributed by atoms with Crippen LogP contribution in [0.5, 0.6) is 0 Å². The summed E-state index contributed by atoms with van der Waals surface area (Å²) < 4.78 is 20.7. The van der Waals surface area contributed by atoms with Crippen molar-refractivity contribution >= 4 is 53.2 Å². The Labute approximate surface area is 288 Å². The van der Waals surface area contributed by atoms with Crippen LogP contribution in [0.3, 0.4) is 0 Å². The molecule has 0 radical (unpaired) electrons. The number of esters is 1. The van der Waals surface area contributed by atoms with Gasteiger partial charge in [0.15, 0.2) is 0 Å². The summed E-state index contributed by atoms with van der Waals surface area (Å²) in [6.07, 6.45) is -1.14. The molecule has 0 aliphatic rings. The number of aliphatic carboxylic acids is 1. The minimum atomic E-state index is -1.22. The van der Waals surface area contributed by atoms with Crippen molar-refractivity contribution < 1.29 is 38.8 Å². The number of hydrogen-bond acceptors (Lipinski definition) is 7. The van der Waals surface area contributed by atoms with Gasteiger partial charge in [0.1, 0.15) is 17.3 Å². The predicted molar refractivity (Wildman–Crippen MR) is 174 cm³/mol. The molecule has 12 heteroatoms. The molecule has 2 unspecified atom stereocenters. The second kappa shape index (κ2) is 16.6. The molecule has 0 fully saturated rings. The number of aliphatic hydroxyl groups is 2. The van der Waals surface area contributed by atoms with Crippen molar-refractivity contribution in [2.45, 2.75) is 57.8 Å². The van der Waals surface area contributed by atoms with Crippen molar-refractivity contribution in [2.24, 2.45) is 0 Å². The van der Waals surface area contributed by atoms with Gasteiger partial charge in [-0.1, -0.05) is 42.5 Å². The SMILES string of the molecule is COC(=O)c1ccc(NC(=O)c2c(-c3ccccc3)c(-c3ccc(F)cc3)c(CCC(O)CC(O)CC(=O)O)n2C(C)C)nc1.[NaH]. The molecule has 0 aliphatic heterocycles. The molecular formula is C34H37FN3NaO7. The third-order valence-electron chi connectivity index (χ3n) is 7.33. The molecule has 1 amide bonds. The van der Waals surface area contributed by atoms with E-state index in [-0.39, 0.29) is 66.2 Å². The Morgan fingerprint density at radius 1 is 0.935 bits per heavy atom. The summed E-state index contributed by atoms with van der Waals surface area (Å²) in [5, 5.41) is 32.7. The fraction of sp³-hybridized carbons (Fsp3) is 0.294. The van der Waals surface area contributed by atoms with E-state index in [4.69, 9.17) is 9.84 Å². The number of halogens is 1. The zero-order valence-corrected chi connectivity index (χ0v) is 25.2. The van der Waals surface area contributed by atoms with E-state index in [1.54, 1.807) is 12.1 Å². The van der Waals surface area contributed by atoms with Gasteiger partial charge in [-0.05, 0) is 68.5 Å². The van der Waals surface area contributed by atoms with Crippen molar-refractivity contribution in [1.29, 1.82) is 0 Å². The van der Waals surface area contributed by atoms with Gasteiger partial charge < -0.3 is 29.9 Å². The fourth-order valence-electron chi connectivity index (χ4n) is 5.39. The Morgan fingerprint density at radius 3 is 2.15 bits per heavy atom. The first-order chi connectivity index (χ1) is 21.5. The monoisotopic (exact) mass is 641 g/mol. The summed E-state index contributed by atoms with van der Waals surface area (Å²) in [6.45, 7) is 3.83. The minimum absolute atomic E-state index is 0. The molecule has 0 saturated carbocycles. The number of carbonyl (C=O) groups excluding carboxylic acids is 2. The molecule has 46 heavy (non-hydrogen) atoms. The van der Waals surface area contributed by atoms with Gasteiger partial charge in [0, 0.05) is 29.1 Å². The number of carbonyl (C=O) groups is 3.